The first-order valence-corrected chi connectivity index (χ1v) is 7.58. The molecule has 1 aromatic carbocycles. The summed E-state index contributed by atoms with van der Waals surface area (Å²) in [5.41, 5.74) is 1.48. The molecule has 1 aromatic rings. The van der Waals surface area contributed by atoms with Crippen LogP contribution < -0.4 is 0 Å². The van der Waals surface area contributed by atoms with Crippen molar-refractivity contribution in [3.63, 3.8) is 0 Å². The highest BCUT2D eigenvalue weighted by Gasteiger charge is 2.27. The molecule has 0 aliphatic rings. The Labute approximate surface area is 113 Å². The number of benzene rings is 1. The highest BCUT2D eigenvalue weighted by Crippen LogP contribution is 2.18. The Morgan fingerprint density at radius 1 is 0.944 bits per heavy atom. The lowest BCUT2D eigenvalue weighted by Crippen LogP contribution is -2.53. The lowest BCUT2D eigenvalue weighted by atomic mass is 10.0. The number of rotatable bonds is 8. The molecule has 0 spiro atoms. The van der Waals surface area contributed by atoms with Gasteiger partial charge < -0.3 is 4.48 Å². The van der Waals surface area contributed by atoms with Crippen molar-refractivity contribution < 1.29 is 4.48 Å². The summed E-state index contributed by atoms with van der Waals surface area (Å²) in [6.45, 7) is 13.2. The molecule has 102 valence electrons. The summed E-state index contributed by atoms with van der Waals surface area (Å²) in [6.07, 6.45) is 3.87. The summed E-state index contributed by atoms with van der Waals surface area (Å²) in [6, 6.07) is 11.7. The lowest BCUT2D eigenvalue weighted by Gasteiger charge is -2.41. The van der Waals surface area contributed by atoms with Crippen molar-refractivity contribution in [3.8, 4) is 0 Å². The average Bonchev–Trinajstić information content (AvgIpc) is 2.42. The molecule has 0 bridgehead atoms. The van der Waals surface area contributed by atoms with Crippen molar-refractivity contribution in [3.05, 3.63) is 35.9 Å². The van der Waals surface area contributed by atoms with Gasteiger partial charge >= 0.3 is 0 Å². The van der Waals surface area contributed by atoms with Gasteiger partial charge in [0.05, 0.1) is 25.7 Å². The minimum Gasteiger partial charge on any atom is -0.322 e. The second kappa shape index (κ2) is 7.58. The van der Waals surface area contributed by atoms with E-state index in [-0.39, 0.29) is 0 Å². The molecule has 1 atom stereocenters. The predicted molar refractivity (Wildman–Crippen MR) is 80.7 cm³/mol. The van der Waals surface area contributed by atoms with Crippen LogP contribution in [0.4, 0.5) is 0 Å². The maximum atomic E-state index is 2.43. The zero-order valence-corrected chi connectivity index (χ0v) is 12.7. The normalized spacial score (nSPS) is 13.6. The summed E-state index contributed by atoms with van der Waals surface area (Å²) in [4.78, 5) is 0. The van der Waals surface area contributed by atoms with Gasteiger partial charge in [-0.15, -0.1) is 0 Å². The Hall–Kier alpha value is -0.820. The van der Waals surface area contributed by atoms with E-state index in [2.05, 4.69) is 58.0 Å². The topological polar surface area (TPSA) is 0 Å². The summed E-state index contributed by atoms with van der Waals surface area (Å²) >= 11 is 0. The van der Waals surface area contributed by atoms with Gasteiger partial charge in [-0.1, -0.05) is 30.3 Å². The fourth-order valence-electron chi connectivity index (χ4n) is 3.13. The molecule has 0 radical (unpaired) electrons. The first-order chi connectivity index (χ1) is 8.68. The van der Waals surface area contributed by atoms with E-state index in [4.69, 9.17) is 0 Å². The molecule has 0 saturated carbocycles. The third-order valence-corrected chi connectivity index (χ3v) is 4.75. The van der Waals surface area contributed by atoms with Gasteiger partial charge in [0, 0.05) is 0 Å². The van der Waals surface area contributed by atoms with Gasteiger partial charge in [-0.3, -0.25) is 0 Å². The van der Waals surface area contributed by atoms with E-state index in [1.807, 2.05) is 0 Å². The largest absolute Gasteiger partial charge is 0.322 e. The number of hydrogen-bond acceptors (Lipinski definition) is 0. The smallest absolute Gasteiger partial charge is 0.0861 e. The highest BCUT2D eigenvalue weighted by atomic mass is 15.4. The average molecular weight is 248 g/mol. The van der Waals surface area contributed by atoms with Gasteiger partial charge in [-0.05, 0) is 52.5 Å². The first kappa shape index (κ1) is 15.2. The standard InChI is InChI=1S/C17H30N/c1-5-18(6-2,7-3)16(4)12-11-15-17-13-9-8-10-14-17/h8-10,13-14,16H,5-7,11-12,15H2,1-4H3/q+1. The second-order valence-electron chi connectivity index (χ2n) is 5.39. The molecule has 1 heteroatoms. The molecular formula is C17H30N+. The molecule has 0 heterocycles. The Bertz CT molecular complexity index is 305. The van der Waals surface area contributed by atoms with Crippen LogP contribution in [0.2, 0.25) is 0 Å². The van der Waals surface area contributed by atoms with Crippen molar-refractivity contribution in [1.82, 2.24) is 0 Å². The van der Waals surface area contributed by atoms with Crippen LogP contribution >= 0.6 is 0 Å². The van der Waals surface area contributed by atoms with E-state index in [9.17, 15) is 0 Å². The van der Waals surface area contributed by atoms with Crippen LogP contribution in [0.3, 0.4) is 0 Å². The predicted octanol–water partition coefficient (Wildman–Crippen LogP) is 4.27. The zero-order valence-electron chi connectivity index (χ0n) is 12.7. The van der Waals surface area contributed by atoms with Gasteiger partial charge in [0.25, 0.3) is 0 Å². The zero-order chi connectivity index (χ0) is 13.4. The molecule has 0 aliphatic heterocycles. The molecule has 0 saturated heterocycles. The Kier molecular flexibility index (Phi) is 6.42. The van der Waals surface area contributed by atoms with E-state index < -0.39 is 0 Å². The molecule has 0 N–H and O–H groups in total. The second-order valence-corrected chi connectivity index (χ2v) is 5.39. The molecule has 0 amide bonds. The van der Waals surface area contributed by atoms with E-state index in [0.717, 1.165) is 6.04 Å². The lowest BCUT2D eigenvalue weighted by molar-refractivity contribution is -0.945. The van der Waals surface area contributed by atoms with Crippen LogP contribution in [0.1, 0.15) is 46.1 Å². The highest BCUT2D eigenvalue weighted by molar-refractivity contribution is 5.14. The molecule has 1 rings (SSSR count). The summed E-state index contributed by atoms with van der Waals surface area (Å²) in [5, 5.41) is 0. The fourth-order valence-corrected chi connectivity index (χ4v) is 3.13. The maximum absolute atomic E-state index is 2.43. The molecule has 18 heavy (non-hydrogen) atoms. The summed E-state index contributed by atoms with van der Waals surface area (Å²) in [5.74, 6) is 0. The molecule has 0 aliphatic carbocycles. The number of hydrogen-bond donors (Lipinski definition) is 0. The van der Waals surface area contributed by atoms with Crippen LogP contribution in [-0.4, -0.2) is 30.2 Å². The van der Waals surface area contributed by atoms with Crippen LogP contribution in [0, 0.1) is 0 Å². The monoisotopic (exact) mass is 248 g/mol. The molecule has 1 nitrogen and oxygen atoms in total. The minimum absolute atomic E-state index is 0.786. The van der Waals surface area contributed by atoms with Crippen LogP contribution in [0.25, 0.3) is 0 Å². The summed E-state index contributed by atoms with van der Waals surface area (Å²) in [7, 11) is 0. The third kappa shape index (κ3) is 3.84. The quantitative estimate of drug-likeness (QED) is 0.603. The Balaban J connectivity index is 2.43. The van der Waals surface area contributed by atoms with Crippen LogP contribution in [0.15, 0.2) is 30.3 Å². The molecule has 0 fully saturated rings. The fraction of sp³-hybridized carbons (Fsp3) is 0.647. The maximum Gasteiger partial charge on any atom is 0.0861 e. The Morgan fingerprint density at radius 3 is 2.00 bits per heavy atom. The van der Waals surface area contributed by atoms with Crippen molar-refractivity contribution >= 4 is 0 Å². The first-order valence-electron chi connectivity index (χ1n) is 7.58. The van der Waals surface area contributed by atoms with E-state index in [0.29, 0.717) is 0 Å². The summed E-state index contributed by atoms with van der Waals surface area (Å²) < 4.78 is 1.27. The van der Waals surface area contributed by atoms with E-state index in [1.165, 1.54) is 48.9 Å². The SMILES string of the molecule is CC[N+](CC)(CC)C(C)CCCc1ccccc1. The van der Waals surface area contributed by atoms with Crippen LogP contribution in [-0.2, 0) is 6.42 Å². The number of aryl methyl sites for hydroxylation is 1. The van der Waals surface area contributed by atoms with Crippen molar-refractivity contribution in [2.45, 2.75) is 53.0 Å². The van der Waals surface area contributed by atoms with E-state index in [1.54, 1.807) is 0 Å². The van der Waals surface area contributed by atoms with Crippen molar-refractivity contribution in [2.75, 3.05) is 19.6 Å². The molecule has 0 aromatic heterocycles. The van der Waals surface area contributed by atoms with Crippen molar-refractivity contribution in [2.24, 2.45) is 0 Å². The number of nitrogens with zero attached hydrogens (tertiary/aromatic N) is 1. The molecule has 1 unspecified atom stereocenters. The van der Waals surface area contributed by atoms with Crippen molar-refractivity contribution in [1.29, 1.82) is 0 Å². The minimum atomic E-state index is 0.786. The molecular weight excluding hydrogens is 218 g/mol. The van der Waals surface area contributed by atoms with Gasteiger partial charge in [0.2, 0.25) is 0 Å². The van der Waals surface area contributed by atoms with Gasteiger partial charge in [-0.25, -0.2) is 0 Å². The third-order valence-electron chi connectivity index (χ3n) is 4.75. The Morgan fingerprint density at radius 2 is 1.50 bits per heavy atom. The van der Waals surface area contributed by atoms with Gasteiger partial charge in [0.15, 0.2) is 0 Å². The van der Waals surface area contributed by atoms with E-state index >= 15 is 0 Å². The van der Waals surface area contributed by atoms with Crippen LogP contribution in [0.5, 0.6) is 0 Å². The number of quaternary nitrogens is 1. The van der Waals surface area contributed by atoms with Gasteiger partial charge in [-0.2, -0.15) is 0 Å². The van der Waals surface area contributed by atoms with Gasteiger partial charge in [0.1, 0.15) is 0 Å².